The van der Waals surface area contributed by atoms with Gasteiger partial charge in [-0.2, -0.15) is 0 Å². The number of aryl methyl sites for hydroxylation is 1. The van der Waals surface area contributed by atoms with Crippen LogP contribution in [-0.4, -0.2) is 38.7 Å². The number of nitrogens with one attached hydrogen (secondary N) is 3. The molecule has 5 rings (SSSR count). The largest absolute Gasteiger partial charge is 0.348 e. The zero-order valence-electron chi connectivity index (χ0n) is 21.3. The van der Waals surface area contributed by atoms with Gasteiger partial charge < -0.3 is 10.6 Å². The fourth-order valence-electron chi connectivity index (χ4n) is 3.72. The molecule has 0 aliphatic rings. The van der Waals surface area contributed by atoms with Gasteiger partial charge in [0.1, 0.15) is 5.01 Å². The van der Waals surface area contributed by atoms with Crippen LogP contribution in [0, 0.1) is 0 Å². The van der Waals surface area contributed by atoms with Crippen molar-refractivity contribution in [3.05, 3.63) is 94.5 Å². The third-order valence-electron chi connectivity index (χ3n) is 5.68. The van der Waals surface area contributed by atoms with E-state index < -0.39 is 0 Å². The molecule has 9 nitrogen and oxygen atoms in total. The molecule has 0 atom stereocenters. The predicted octanol–water partition coefficient (Wildman–Crippen LogP) is 5.62. The number of thioether (sulfide) groups is 1. The maximum absolute atomic E-state index is 13.1. The van der Waals surface area contributed by atoms with Gasteiger partial charge in [-0.05, 0) is 42.3 Å². The van der Waals surface area contributed by atoms with Gasteiger partial charge in [0.2, 0.25) is 11.0 Å². The number of hydrogen-bond donors (Lipinski definition) is 3. The summed E-state index contributed by atoms with van der Waals surface area (Å²) in [6.07, 6.45) is 0.771. The van der Waals surface area contributed by atoms with Crippen LogP contribution < -0.4 is 16.0 Å². The Morgan fingerprint density at radius 3 is 2.35 bits per heavy atom. The number of carbonyl (C=O) groups excluding carboxylic acids is 3. The topological polar surface area (TPSA) is 126 Å². The van der Waals surface area contributed by atoms with Gasteiger partial charge in [-0.3, -0.25) is 19.7 Å². The van der Waals surface area contributed by atoms with Gasteiger partial charge in [0.15, 0.2) is 4.34 Å². The average molecular weight is 589 g/mol. The first kappa shape index (κ1) is 27.4. The Balaban J connectivity index is 1.21. The molecule has 3 amide bonds. The van der Waals surface area contributed by atoms with E-state index >= 15 is 0 Å². The summed E-state index contributed by atoms with van der Waals surface area (Å²) in [4.78, 5) is 42.9. The molecule has 0 saturated carbocycles. The second kappa shape index (κ2) is 12.8. The minimum Gasteiger partial charge on any atom is -0.348 e. The Bertz CT molecular complexity index is 1670. The van der Waals surface area contributed by atoms with Gasteiger partial charge in [-0.1, -0.05) is 72.5 Å². The SMILES string of the molecule is CCc1nnc(NC(=O)CSc2nc3ccc(NC(=O)c4ccccc4C(=O)NCc4ccccc4)cc3s2)s1. The molecule has 0 radical (unpaired) electrons. The number of fused-ring (bicyclic) bond motifs is 1. The Hall–Kier alpha value is -4.13. The number of hydrogen-bond acceptors (Lipinski definition) is 9. The number of benzene rings is 3. The molecule has 0 aliphatic carbocycles. The molecule has 2 aromatic heterocycles. The summed E-state index contributed by atoms with van der Waals surface area (Å²) >= 11 is 4.13. The summed E-state index contributed by atoms with van der Waals surface area (Å²) in [6, 6.07) is 21.7. The monoisotopic (exact) mass is 588 g/mol. The van der Waals surface area contributed by atoms with Crippen LogP contribution in [0.2, 0.25) is 0 Å². The van der Waals surface area contributed by atoms with E-state index in [1.165, 1.54) is 34.4 Å². The van der Waals surface area contributed by atoms with Crippen LogP contribution in [-0.2, 0) is 17.8 Å². The van der Waals surface area contributed by atoms with Crippen LogP contribution in [0.5, 0.6) is 0 Å². The zero-order chi connectivity index (χ0) is 27.9. The predicted molar refractivity (Wildman–Crippen MR) is 160 cm³/mol. The molecule has 3 N–H and O–H groups in total. The first-order chi connectivity index (χ1) is 19.5. The van der Waals surface area contributed by atoms with Crippen molar-refractivity contribution < 1.29 is 14.4 Å². The van der Waals surface area contributed by atoms with Crippen molar-refractivity contribution in [3.8, 4) is 0 Å². The van der Waals surface area contributed by atoms with Gasteiger partial charge in [0.25, 0.3) is 11.8 Å². The van der Waals surface area contributed by atoms with E-state index in [9.17, 15) is 14.4 Å². The lowest BCUT2D eigenvalue weighted by Crippen LogP contribution is -2.26. The van der Waals surface area contributed by atoms with Gasteiger partial charge in [0, 0.05) is 12.2 Å². The van der Waals surface area contributed by atoms with Crippen molar-refractivity contribution in [2.75, 3.05) is 16.4 Å². The van der Waals surface area contributed by atoms with E-state index in [1.54, 1.807) is 30.3 Å². The quantitative estimate of drug-likeness (QED) is 0.181. The van der Waals surface area contributed by atoms with Gasteiger partial charge >= 0.3 is 0 Å². The third-order valence-corrected chi connectivity index (χ3v) is 8.83. The summed E-state index contributed by atoms with van der Waals surface area (Å²) < 4.78 is 1.60. The van der Waals surface area contributed by atoms with Gasteiger partial charge in [-0.25, -0.2) is 4.98 Å². The summed E-state index contributed by atoms with van der Waals surface area (Å²) in [5, 5.41) is 17.9. The smallest absolute Gasteiger partial charge is 0.256 e. The fourth-order valence-corrected chi connectivity index (χ4v) is 6.33. The fraction of sp³-hybridized carbons (Fsp3) is 0.143. The first-order valence-corrected chi connectivity index (χ1v) is 15.0. The molecule has 0 fully saturated rings. The Morgan fingerprint density at radius 1 is 0.850 bits per heavy atom. The van der Waals surface area contributed by atoms with Gasteiger partial charge in [0.05, 0.1) is 27.1 Å². The molecule has 202 valence electrons. The minimum absolute atomic E-state index is 0.178. The van der Waals surface area contributed by atoms with Crippen LogP contribution in [0.1, 0.15) is 38.2 Å². The van der Waals surface area contributed by atoms with Crippen LogP contribution in [0.25, 0.3) is 10.2 Å². The van der Waals surface area contributed by atoms with Crippen molar-refractivity contribution in [3.63, 3.8) is 0 Å². The molecule has 0 saturated heterocycles. The summed E-state index contributed by atoms with van der Waals surface area (Å²) in [6.45, 7) is 2.35. The number of carbonyl (C=O) groups is 3. The van der Waals surface area contributed by atoms with E-state index in [2.05, 4.69) is 31.1 Å². The normalized spacial score (nSPS) is 10.8. The number of thiazole rings is 1. The molecule has 0 spiro atoms. The second-order valence-corrected chi connectivity index (χ2v) is 11.8. The highest BCUT2D eigenvalue weighted by molar-refractivity contribution is 8.01. The third kappa shape index (κ3) is 6.89. The minimum atomic E-state index is -0.386. The van der Waals surface area contributed by atoms with Crippen LogP contribution in [0.3, 0.4) is 0 Å². The average Bonchev–Trinajstić information content (AvgIpc) is 3.61. The lowest BCUT2D eigenvalue weighted by Gasteiger charge is -2.11. The van der Waals surface area contributed by atoms with E-state index in [4.69, 9.17) is 0 Å². The van der Waals surface area contributed by atoms with E-state index in [0.29, 0.717) is 22.9 Å². The van der Waals surface area contributed by atoms with Crippen LogP contribution in [0.4, 0.5) is 10.8 Å². The highest BCUT2D eigenvalue weighted by Crippen LogP contribution is 2.31. The maximum atomic E-state index is 13.1. The summed E-state index contributed by atoms with van der Waals surface area (Å²) in [5.74, 6) is -0.700. The lowest BCUT2D eigenvalue weighted by molar-refractivity contribution is -0.113. The zero-order valence-corrected chi connectivity index (χ0v) is 23.8. The number of amides is 3. The molecule has 0 unspecified atom stereocenters. The molecular formula is C28H24N6O3S3. The van der Waals surface area contributed by atoms with Crippen LogP contribution >= 0.6 is 34.4 Å². The molecule has 3 aromatic carbocycles. The first-order valence-electron chi connectivity index (χ1n) is 12.4. The molecule has 0 bridgehead atoms. The molecule has 40 heavy (non-hydrogen) atoms. The molecular weight excluding hydrogens is 565 g/mol. The second-order valence-electron chi connectivity index (χ2n) is 8.52. The molecule has 2 heterocycles. The maximum Gasteiger partial charge on any atom is 0.256 e. The summed E-state index contributed by atoms with van der Waals surface area (Å²) in [7, 11) is 0. The number of aromatic nitrogens is 3. The highest BCUT2D eigenvalue weighted by Gasteiger charge is 2.17. The lowest BCUT2D eigenvalue weighted by atomic mass is 10.1. The molecule has 12 heteroatoms. The van der Waals surface area contributed by atoms with Crippen molar-refractivity contribution in [1.29, 1.82) is 0 Å². The Kier molecular flexibility index (Phi) is 8.79. The van der Waals surface area contributed by atoms with E-state index in [1.807, 2.05) is 49.4 Å². The van der Waals surface area contributed by atoms with Crippen molar-refractivity contribution in [2.24, 2.45) is 0 Å². The molecule has 0 aliphatic heterocycles. The van der Waals surface area contributed by atoms with Crippen molar-refractivity contribution in [2.45, 2.75) is 24.2 Å². The van der Waals surface area contributed by atoms with Gasteiger partial charge in [-0.15, -0.1) is 21.5 Å². The molecule has 5 aromatic rings. The number of anilines is 2. The van der Waals surface area contributed by atoms with Crippen molar-refractivity contribution in [1.82, 2.24) is 20.5 Å². The van der Waals surface area contributed by atoms with Crippen molar-refractivity contribution >= 4 is 73.2 Å². The number of rotatable bonds is 10. The highest BCUT2D eigenvalue weighted by atomic mass is 32.2. The Labute approximate surface area is 242 Å². The Morgan fingerprint density at radius 2 is 1.60 bits per heavy atom. The van der Waals surface area contributed by atoms with E-state index in [-0.39, 0.29) is 29.0 Å². The number of nitrogens with zero attached hydrogens (tertiary/aromatic N) is 3. The standard InChI is InChI=1S/C28H24N6O3S3/c1-2-24-33-34-27(40-24)32-23(35)16-38-28-31-21-13-12-18(14-22(21)39-28)30-26(37)20-11-7-6-10-19(20)25(36)29-15-17-8-4-3-5-9-17/h3-14H,2,15-16H2,1H3,(H,29,36)(H,30,37)(H,32,34,35). The van der Waals surface area contributed by atoms with Crippen LogP contribution in [0.15, 0.2) is 77.1 Å². The van der Waals surface area contributed by atoms with E-state index in [0.717, 1.165) is 31.5 Å². The summed E-state index contributed by atoms with van der Waals surface area (Å²) in [5.41, 5.74) is 2.89.